The van der Waals surface area contributed by atoms with Gasteiger partial charge in [0.05, 0.1) is 4.90 Å². The molecule has 2 rings (SSSR count). The molecular weight excluding hydrogens is 390 g/mol. The fraction of sp³-hybridized carbons (Fsp3) is 0.333. The molecule has 0 saturated heterocycles. The molecule has 0 bridgehead atoms. The molecule has 7 nitrogen and oxygen atoms in total. The van der Waals surface area contributed by atoms with Gasteiger partial charge in [-0.05, 0) is 67.6 Å². The molecule has 3 N–H and O–H groups in total. The Hall–Kier alpha value is -2.71. The summed E-state index contributed by atoms with van der Waals surface area (Å²) in [5, 5.41) is 0. The van der Waals surface area contributed by atoms with Crippen molar-refractivity contribution in [1.82, 2.24) is 15.6 Å². The number of carbonyl (C=O) groups is 2. The maximum atomic E-state index is 12.3. The van der Waals surface area contributed by atoms with E-state index in [1.54, 1.807) is 30.3 Å². The van der Waals surface area contributed by atoms with Gasteiger partial charge in [0.2, 0.25) is 15.9 Å². The molecule has 0 saturated carbocycles. The van der Waals surface area contributed by atoms with Crippen LogP contribution in [0.3, 0.4) is 0 Å². The van der Waals surface area contributed by atoms with E-state index >= 15 is 0 Å². The Balaban J connectivity index is 1.73. The van der Waals surface area contributed by atoms with Crippen molar-refractivity contribution in [3.8, 4) is 0 Å². The van der Waals surface area contributed by atoms with Crippen LogP contribution >= 0.6 is 0 Å². The molecule has 0 fully saturated rings. The van der Waals surface area contributed by atoms with E-state index in [9.17, 15) is 18.0 Å². The highest BCUT2D eigenvalue weighted by atomic mass is 32.2. The summed E-state index contributed by atoms with van der Waals surface area (Å²) in [6, 6.07) is 12.0. The molecule has 2 aromatic rings. The number of benzene rings is 2. The van der Waals surface area contributed by atoms with Crippen molar-refractivity contribution in [2.24, 2.45) is 0 Å². The van der Waals surface area contributed by atoms with Crippen LogP contribution in [0.25, 0.3) is 0 Å². The van der Waals surface area contributed by atoms with Gasteiger partial charge < -0.3 is 0 Å². The number of hydrogen-bond donors (Lipinski definition) is 3. The Bertz CT molecular complexity index is 970. The van der Waals surface area contributed by atoms with Crippen molar-refractivity contribution < 1.29 is 18.0 Å². The predicted octanol–water partition coefficient (Wildman–Crippen LogP) is 2.39. The average Bonchev–Trinajstić information content (AvgIpc) is 2.71. The normalized spacial score (nSPS) is 11.1. The average molecular weight is 418 g/mol. The summed E-state index contributed by atoms with van der Waals surface area (Å²) in [6.45, 7) is 5.91. The summed E-state index contributed by atoms with van der Waals surface area (Å²) < 4.78 is 27.1. The first-order valence-corrected chi connectivity index (χ1v) is 11.0. The molecule has 29 heavy (non-hydrogen) atoms. The molecule has 0 aliphatic heterocycles. The van der Waals surface area contributed by atoms with Crippen molar-refractivity contribution in [2.75, 3.05) is 6.54 Å². The van der Waals surface area contributed by atoms with E-state index in [4.69, 9.17) is 0 Å². The summed E-state index contributed by atoms with van der Waals surface area (Å²) in [5.41, 5.74) is 8.17. The molecule has 0 aromatic heterocycles. The van der Waals surface area contributed by atoms with Crippen molar-refractivity contribution in [3.63, 3.8) is 0 Å². The zero-order chi connectivity index (χ0) is 21.4. The van der Waals surface area contributed by atoms with E-state index in [-0.39, 0.29) is 17.9 Å². The number of carbonyl (C=O) groups excluding carboxylic acids is 2. The third-order valence-electron chi connectivity index (χ3n) is 4.60. The molecule has 0 unspecified atom stereocenters. The Morgan fingerprint density at radius 2 is 1.62 bits per heavy atom. The second-order valence-corrected chi connectivity index (χ2v) is 8.57. The molecule has 0 aliphatic carbocycles. The van der Waals surface area contributed by atoms with E-state index in [0.29, 0.717) is 12.0 Å². The van der Waals surface area contributed by atoms with Crippen LogP contribution in [0.15, 0.2) is 47.4 Å². The second-order valence-electron chi connectivity index (χ2n) is 6.80. The highest BCUT2D eigenvalue weighted by Crippen LogP contribution is 2.14. The Morgan fingerprint density at radius 1 is 0.931 bits per heavy atom. The minimum absolute atomic E-state index is 0.0739. The predicted molar refractivity (Wildman–Crippen MR) is 112 cm³/mol. The summed E-state index contributed by atoms with van der Waals surface area (Å²) in [6.07, 6.45) is 1.26. The maximum absolute atomic E-state index is 12.3. The van der Waals surface area contributed by atoms with Gasteiger partial charge in [-0.2, -0.15) is 0 Å². The lowest BCUT2D eigenvalue weighted by Crippen LogP contribution is -2.41. The number of hydrogen-bond acceptors (Lipinski definition) is 4. The lowest BCUT2D eigenvalue weighted by atomic mass is 10.1. The van der Waals surface area contributed by atoms with Crippen molar-refractivity contribution in [2.45, 2.75) is 44.9 Å². The lowest BCUT2D eigenvalue weighted by Gasteiger charge is -2.10. The van der Waals surface area contributed by atoms with Crippen LogP contribution in [0, 0.1) is 13.8 Å². The van der Waals surface area contributed by atoms with Crippen LogP contribution in [-0.4, -0.2) is 26.8 Å². The van der Waals surface area contributed by atoms with Gasteiger partial charge in [0.15, 0.2) is 0 Å². The highest BCUT2D eigenvalue weighted by Gasteiger charge is 2.14. The Labute approximate surface area is 171 Å². The van der Waals surface area contributed by atoms with E-state index in [2.05, 4.69) is 15.6 Å². The maximum Gasteiger partial charge on any atom is 0.269 e. The smallest absolute Gasteiger partial charge is 0.269 e. The van der Waals surface area contributed by atoms with E-state index in [1.807, 2.05) is 32.9 Å². The van der Waals surface area contributed by atoms with Gasteiger partial charge >= 0.3 is 0 Å². The van der Waals surface area contributed by atoms with Crippen LogP contribution in [0.5, 0.6) is 0 Å². The first-order chi connectivity index (χ1) is 13.7. The van der Waals surface area contributed by atoms with E-state index in [0.717, 1.165) is 23.1 Å². The molecule has 156 valence electrons. The van der Waals surface area contributed by atoms with Crippen LogP contribution in [0.1, 0.15) is 46.8 Å². The second kappa shape index (κ2) is 10.2. The summed E-state index contributed by atoms with van der Waals surface area (Å²) >= 11 is 0. The number of amides is 2. The van der Waals surface area contributed by atoms with E-state index in [1.165, 1.54) is 0 Å². The van der Waals surface area contributed by atoms with Gasteiger partial charge in [-0.3, -0.25) is 20.4 Å². The number of hydrazine groups is 1. The van der Waals surface area contributed by atoms with Gasteiger partial charge in [0, 0.05) is 18.5 Å². The van der Waals surface area contributed by atoms with Crippen LogP contribution in [0.4, 0.5) is 0 Å². The van der Waals surface area contributed by atoms with E-state index < -0.39 is 21.8 Å². The molecule has 0 spiro atoms. The first kappa shape index (κ1) is 22.6. The minimum Gasteiger partial charge on any atom is -0.273 e. The van der Waals surface area contributed by atoms with Crippen molar-refractivity contribution in [1.29, 1.82) is 0 Å². The molecular formula is C21H27N3O4S. The number of sulfonamides is 1. The van der Waals surface area contributed by atoms with Gasteiger partial charge in [0.1, 0.15) is 0 Å². The number of nitrogens with one attached hydrogen (secondary N) is 3. The summed E-state index contributed by atoms with van der Waals surface area (Å²) in [5.74, 6) is -0.801. The van der Waals surface area contributed by atoms with Crippen LogP contribution in [0.2, 0.25) is 0 Å². The first-order valence-electron chi connectivity index (χ1n) is 9.48. The fourth-order valence-electron chi connectivity index (χ4n) is 2.57. The zero-order valence-electron chi connectivity index (χ0n) is 16.9. The Morgan fingerprint density at radius 3 is 2.24 bits per heavy atom. The van der Waals surface area contributed by atoms with Gasteiger partial charge in [-0.15, -0.1) is 0 Å². The van der Waals surface area contributed by atoms with Crippen molar-refractivity contribution >= 4 is 21.8 Å². The minimum atomic E-state index is -3.62. The summed E-state index contributed by atoms with van der Waals surface area (Å²) in [4.78, 5) is 24.1. The zero-order valence-corrected chi connectivity index (χ0v) is 17.7. The largest absolute Gasteiger partial charge is 0.273 e. The van der Waals surface area contributed by atoms with Gasteiger partial charge in [-0.1, -0.05) is 25.1 Å². The molecule has 0 aliphatic rings. The highest BCUT2D eigenvalue weighted by molar-refractivity contribution is 7.89. The number of rotatable bonds is 8. The SMILES string of the molecule is CCc1ccc(C(=O)NNC(=O)CCCNS(=O)(=O)c2ccc(C)c(C)c2)cc1. The summed E-state index contributed by atoms with van der Waals surface area (Å²) in [7, 11) is -3.62. The fourth-order valence-corrected chi connectivity index (χ4v) is 3.73. The third kappa shape index (κ3) is 6.69. The lowest BCUT2D eigenvalue weighted by molar-refractivity contribution is -0.121. The topological polar surface area (TPSA) is 104 Å². The monoisotopic (exact) mass is 417 g/mol. The molecule has 0 radical (unpaired) electrons. The molecule has 0 atom stereocenters. The van der Waals surface area contributed by atoms with Gasteiger partial charge in [-0.25, -0.2) is 13.1 Å². The Kier molecular flexibility index (Phi) is 7.92. The van der Waals surface area contributed by atoms with Crippen LogP contribution in [-0.2, 0) is 21.2 Å². The standard InChI is InChI=1S/C21H27N3O4S/c1-4-17-8-10-18(11-9-17)21(26)24-23-20(25)6-5-13-22-29(27,28)19-12-7-15(2)16(3)14-19/h7-12,14,22H,4-6,13H2,1-3H3,(H,23,25)(H,24,26). The molecule has 2 aromatic carbocycles. The molecule has 0 heterocycles. The van der Waals surface area contributed by atoms with Crippen molar-refractivity contribution in [3.05, 3.63) is 64.7 Å². The quantitative estimate of drug-likeness (QED) is 0.453. The third-order valence-corrected chi connectivity index (χ3v) is 6.06. The van der Waals surface area contributed by atoms with Gasteiger partial charge in [0.25, 0.3) is 5.91 Å². The number of aryl methyl sites for hydroxylation is 3. The molecule has 2 amide bonds. The van der Waals surface area contributed by atoms with Crippen LogP contribution < -0.4 is 15.6 Å². The molecule has 8 heteroatoms.